The Hall–Kier alpha value is -1.51. The summed E-state index contributed by atoms with van der Waals surface area (Å²) in [4.78, 5) is 4.64. The van der Waals surface area contributed by atoms with Crippen LogP contribution in [0.5, 0.6) is 0 Å². The Morgan fingerprint density at radius 2 is 2.47 bits per heavy atom. The van der Waals surface area contributed by atoms with E-state index in [1.165, 1.54) is 18.7 Å². The van der Waals surface area contributed by atoms with Gasteiger partial charge in [0, 0.05) is 18.7 Å². The predicted octanol–water partition coefficient (Wildman–Crippen LogP) is 3.04. The first kappa shape index (κ1) is 8.77. The quantitative estimate of drug-likeness (QED) is 0.711. The number of hydrogen-bond acceptors (Lipinski definition) is 2. The molecule has 3 rings (SSSR count). The number of furan rings is 1. The molecule has 1 aliphatic rings. The molecular weight excluding hydrogens is 188 g/mol. The van der Waals surface area contributed by atoms with Crippen LogP contribution in [0.2, 0.25) is 0 Å². The van der Waals surface area contributed by atoms with E-state index in [-0.39, 0.29) is 0 Å². The minimum atomic E-state index is 0.572. The number of fused-ring (bicyclic) bond motifs is 1. The lowest BCUT2D eigenvalue weighted by atomic mass is 10.0. The van der Waals surface area contributed by atoms with Crippen molar-refractivity contribution >= 4 is 0 Å². The van der Waals surface area contributed by atoms with E-state index in [4.69, 9.17) is 4.42 Å². The summed E-state index contributed by atoms with van der Waals surface area (Å²) in [6.45, 7) is 3.33. The SMILES string of the molecule is C[C@@H]1CCCn2cc(-c3ccco3)nc21. The Kier molecular flexibility index (Phi) is 1.91. The second-order valence-electron chi connectivity index (χ2n) is 4.20. The zero-order chi connectivity index (χ0) is 10.3. The topological polar surface area (TPSA) is 31.0 Å². The highest BCUT2D eigenvalue weighted by molar-refractivity contribution is 5.51. The molecule has 78 valence electrons. The second kappa shape index (κ2) is 3.26. The highest BCUT2D eigenvalue weighted by atomic mass is 16.3. The third-order valence-corrected chi connectivity index (χ3v) is 3.06. The maximum atomic E-state index is 5.36. The summed E-state index contributed by atoms with van der Waals surface area (Å²) in [5, 5.41) is 0. The number of nitrogens with zero attached hydrogens (tertiary/aromatic N) is 2. The smallest absolute Gasteiger partial charge is 0.153 e. The molecule has 1 atom stereocenters. The lowest BCUT2D eigenvalue weighted by Gasteiger charge is -2.19. The van der Waals surface area contributed by atoms with Crippen LogP contribution in [0.25, 0.3) is 11.5 Å². The summed E-state index contributed by atoms with van der Waals surface area (Å²) in [5.74, 6) is 2.64. The van der Waals surface area contributed by atoms with Crippen molar-refractivity contribution in [3.63, 3.8) is 0 Å². The van der Waals surface area contributed by atoms with Crippen LogP contribution < -0.4 is 0 Å². The molecular formula is C12H14N2O. The molecule has 0 aromatic carbocycles. The van der Waals surface area contributed by atoms with Crippen molar-refractivity contribution in [2.24, 2.45) is 0 Å². The van der Waals surface area contributed by atoms with Crippen LogP contribution in [-0.2, 0) is 6.54 Å². The van der Waals surface area contributed by atoms with Crippen molar-refractivity contribution in [3.8, 4) is 11.5 Å². The number of aromatic nitrogens is 2. The van der Waals surface area contributed by atoms with E-state index in [1.54, 1.807) is 6.26 Å². The summed E-state index contributed by atoms with van der Waals surface area (Å²) in [6, 6.07) is 3.86. The Morgan fingerprint density at radius 1 is 1.53 bits per heavy atom. The van der Waals surface area contributed by atoms with Crippen molar-refractivity contribution in [2.45, 2.75) is 32.2 Å². The standard InChI is InChI=1S/C12H14N2O/c1-9-4-2-6-14-8-10(13-12(9)14)11-5-3-7-15-11/h3,5,7-9H,2,4,6H2,1H3/t9-/m1/s1. The molecule has 3 heterocycles. The van der Waals surface area contributed by atoms with Crippen molar-refractivity contribution in [2.75, 3.05) is 0 Å². The Balaban J connectivity index is 2.06. The molecule has 0 unspecified atom stereocenters. The molecule has 0 fully saturated rings. The van der Waals surface area contributed by atoms with Crippen LogP contribution in [0, 0.1) is 0 Å². The van der Waals surface area contributed by atoms with Crippen molar-refractivity contribution < 1.29 is 4.42 Å². The molecule has 3 nitrogen and oxygen atoms in total. The van der Waals surface area contributed by atoms with Gasteiger partial charge in [-0.2, -0.15) is 0 Å². The predicted molar refractivity (Wildman–Crippen MR) is 57.6 cm³/mol. The molecule has 0 bridgehead atoms. The lowest BCUT2D eigenvalue weighted by molar-refractivity contribution is 0.463. The molecule has 0 saturated carbocycles. The zero-order valence-electron chi connectivity index (χ0n) is 8.81. The summed E-state index contributed by atoms with van der Waals surface area (Å²) in [7, 11) is 0. The van der Waals surface area contributed by atoms with Gasteiger partial charge in [0.25, 0.3) is 0 Å². The summed E-state index contributed by atoms with van der Waals surface area (Å²) in [5.41, 5.74) is 0.962. The molecule has 0 radical (unpaired) electrons. The maximum absolute atomic E-state index is 5.36. The van der Waals surface area contributed by atoms with Crippen LogP contribution in [0.4, 0.5) is 0 Å². The molecule has 0 aliphatic carbocycles. The highest BCUT2D eigenvalue weighted by Crippen LogP contribution is 2.29. The monoisotopic (exact) mass is 202 g/mol. The largest absolute Gasteiger partial charge is 0.463 e. The molecule has 0 saturated heterocycles. The van der Waals surface area contributed by atoms with E-state index in [0.29, 0.717) is 5.92 Å². The molecule has 0 N–H and O–H groups in total. The van der Waals surface area contributed by atoms with Gasteiger partial charge in [-0.25, -0.2) is 4.98 Å². The van der Waals surface area contributed by atoms with Gasteiger partial charge in [0.15, 0.2) is 5.76 Å². The third-order valence-electron chi connectivity index (χ3n) is 3.06. The van der Waals surface area contributed by atoms with Gasteiger partial charge in [0.2, 0.25) is 0 Å². The van der Waals surface area contributed by atoms with Gasteiger partial charge in [-0.3, -0.25) is 0 Å². The summed E-state index contributed by atoms with van der Waals surface area (Å²) in [6.07, 6.45) is 6.29. The first-order chi connectivity index (χ1) is 7.34. The van der Waals surface area contributed by atoms with Crippen LogP contribution in [0.15, 0.2) is 29.0 Å². The minimum Gasteiger partial charge on any atom is -0.463 e. The van der Waals surface area contributed by atoms with Gasteiger partial charge < -0.3 is 8.98 Å². The molecule has 0 spiro atoms. The lowest BCUT2D eigenvalue weighted by Crippen LogP contribution is -2.12. The van der Waals surface area contributed by atoms with E-state index in [0.717, 1.165) is 18.0 Å². The van der Waals surface area contributed by atoms with Gasteiger partial charge in [-0.1, -0.05) is 6.92 Å². The first-order valence-corrected chi connectivity index (χ1v) is 5.45. The first-order valence-electron chi connectivity index (χ1n) is 5.45. The normalized spacial score (nSPS) is 20.2. The average molecular weight is 202 g/mol. The second-order valence-corrected chi connectivity index (χ2v) is 4.20. The molecule has 1 aliphatic heterocycles. The molecule has 3 heteroatoms. The molecule has 2 aromatic rings. The average Bonchev–Trinajstić information content (AvgIpc) is 2.86. The number of hydrogen-bond donors (Lipinski definition) is 0. The van der Waals surface area contributed by atoms with E-state index >= 15 is 0 Å². The fourth-order valence-corrected chi connectivity index (χ4v) is 2.24. The van der Waals surface area contributed by atoms with Crippen LogP contribution in [0.1, 0.15) is 31.5 Å². The summed E-state index contributed by atoms with van der Waals surface area (Å²) < 4.78 is 7.61. The van der Waals surface area contributed by atoms with Gasteiger partial charge >= 0.3 is 0 Å². The summed E-state index contributed by atoms with van der Waals surface area (Å²) >= 11 is 0. The number of aryl methyl sites for hydroxylation is 1. The maximum Gasteiger partial charge on any atom is 0.153 e. The van der Waals surface area contributed by atoms with E-state index in [9.17, 15) is 0 Å². The van der Waals surface area contributed by atoms with Gasteiger partial charge in [-0.15, -0.1) is 0 Å². The third kappa shape index (κ3) is 1.39. The van der Waals surface area contributed by atoms with E-state index < -0.39 is 0 Å². The fraction of sp³-hybridized carbons (Fsp3) is 0.417. The van der Waals surface area contributed by atoms with Crippen LogP contribution in [-0.4, -0.2) is 9.55 Å². The Morgan fingerprint density at radius 3 is 3.20 bits per heavy atom. The fourth-order valence-electron chi connectivity index (χ4n) is 2.24. The molecule has 2 aromatic heterocycles. The number of imidazole rings is 1. The Labute approximate surface area is 88.7 Å². The van der Waals surface area contributed by atoms with Gasteiger partial charge in [-0.05, 0) is 25.0 Å². The van der Waals surface area contributed by atoms with Crippen molar-refractivity contribution in [1.29, 1.82) is 0 Å². The van der Waals surface area contributed by atoms with Gasteiger partial charge in [0.1, 0.15) is 11.5 Å². The highest BCUT2D eigenvalue weighted by Gasteiger charge is 2.20. The van der Waals surface area contributed by atoms with Crippen molar-refractivity contribution in [3.05, 3.63) is 30.4 Å². The Bertz CT molecular complexity index is 456. The zero-order valence-corrected chi connectivity index (χ0v) is 8.81. The van der Waals surface area contributed by atoms with E-state index in [2.05, 4.69) is 22.7 Å². The number of rotatable bonds is 1. The molecule has 15 heavy (non-hydrogen) atoms. The van der Waals surface area contributed by atoms with Crippen LogP contribution in [0.3, 0.4) is 0 Å². The van der Waals surface area contributed by atoms with Crippen molar-refractivity contribution in [1.82, 2.24) is 9.55 Å². The minimum absolute atomic E-state index is 0.572. The van der Waals surface area contributed by atoms with Gasteiger partial charge in [0.05, 0.1) is 6.26 Å². The molecule has 0 amide bonds. The van der Waals surface area contributed by atoms with E-state index in [1.807, 2.05) is 12.1 Å². The van der Waals surface area contributed by atoms with Crippen LogP contribution >= 0.6 is 0 Å².